The van der Waals surface area contributed by atoms with E-state index in [1.54, 1.807) is 0 Å². The van der Waals surface area contributed by atoms with Gasteiger partial charge < -0.3 is 9.42 Å². The highest BCUT2D eigenvalue weighted by atomic mass is 16.5. The van der Waals surface area contributed by atoms with E-state index in [0.717, 1.165) is 43.0 Å². The highest BCUT2D eigenvalue weighted by Gasteiger charge is 2.22. The van der Waals surface area contributed by atoms with Crippen LogP contribution in [-0.2, 0) is 13.1 Å². The van der Waals surface area contributed by atoms with Crippen LogP contribution in [0.4, 0.5) is 0 Å². The molecule has 4 aromatic rings. The molecule has 5 rings (SSSR count). The van der Waals surface area contributed by atoms with Crippen molar-refractivity contribution in [2.45, 2.75) is 13.1 Å². The van der Waals surface area contributed by atoms with E-state index in [-0.39, 0.29) is 5.56 Å². The Morgan fingerprint density at radius 3 is 2.33 bits per heavy atom. The zero-order valence-electron chi connectivity index (χ0n) is 18.7. The van der Waals surface area contributed by atoms with Gasteiger partial charge in [0.25, 0.3) is 5.56 Å². The zero-order valence-corrected chi connectivity index (χ0v) is 18.7. The summed E-state index contributed by atoms with van der Waals surface area (Å²) in [5.41, 5.74) is 2.98. The van der Waals surface area contributed by atoms with Gasteiger partial charge in [0, 0.05) is 32.7 Å². The van der Waals surface area contributed by atoms with E-state index in [0.29, 0.717) is 29.8 Å². The maximum atomic E-state index is 13.2. The summed E-state index contributed by atoms with van der Waals surface area (Å²) < 4.78 is 7.16. The highest BCUT2D eigenvalue weighted by Crippen LogP contribution is 2.23. The average molecular weight is 442 g/mol. The fourth-order valence-electron chi connectivity index (χ4n) is 4.13. The van der Waals surface area contributed by atoms with Crippen molar-refractivity contribution in [3.05, 3.63) is 93.6 Å². The number of fused-ring (bicyclic) bond motifs is 1. The van der Waals surface area contributed by atoms with Gasteiger partial charge in [-0.25, -0.2) is 4.68 Å². The van der Waals surface area contributed by atoms with Crippen molar-refractivity contribution in [3.8, 4) is 0 Å². The van der Waals surface area contributed by atoms with Gasteiger partial charge in [0.15, 0.2) is 11.3 Å². The van der Waals surface area contributed by atoms with Crippen LogP contribution in [0.1, 0.15) is 22.6 Å². The molecule has 7 heteroatoms. The largest absolute Gasteiger partial charge is 0.355 e. The van der Waals surface area contributed by atoms with Gasteiger partial charge >= 0.3 is 0 Å². The molecule has 7 nitrogen and oxygen atoms in total. The molecule has 0 bridgehead atoms. The SMILES string of the molecule is CN1CCN(Cc2nn(Cc3ccccc3)c(=O)c3noc(/C=C/c4ccccc4)c23)CC1. The van der Waals surface area contributed by atoms with Crippen LogP contribution in [0.25, 0.3) is 23.1 Å². The number of nitrogens with zero attached hydrogens (tertiary/aromatic N) is 5. The van der Waals surface area contributed by atoms with E-state index < -0.39 is 0 Å². The Bertz CT molecular complexity index is 1300. The lowest BCUT2D eigenvalue weighted by atomic mass is 10.1. The van der Waals surface area contributed by atoms with E-state index >= 15 is 0 Å². The molecule has 2 aromatic heterocycles. The summed E-state index contributed by atoms with van der Waals surface area (Å²) in [5.74, 6) is 0.564. The normalized spacial score (nSPS) is 15.5. The summed E-state index contributed by atoms with van der Waals surface area (Å²) >= 11 is 0. The monoisotopic (exact) mass is 441 g/mol. The first kappa shape index (κ1) is 21.3. The number of rotatable bonds is 6. The Morgan fingerprint density at radius 1 is 0.909 bits per heavy atom. The zero-order chi connectivity index (χ0) is 22.6. The van der Waals surface area contributed by atoms with Crippen LogP contribution in [0, 0.1) is 0 Å². The predicted molar refractivity (Wildman–Crippen MR) is 130 cm³/mol. The second-order valence-electron chi connectivity index (χ2n) is 8.49. The second kappa shape index (κ2) is 9.52. The molecular formula is C26H27N5O2. The van der Waals surface area contributed by atoms with E-state index in [2.05, 4.69) is 22.0 Å². The van der Waals surface area contributed by atoms with E-state index in [4.69, 9.17) is 9.62 Å². The molecule has 0 atom stereocenters. The number of benzene rings is 2. The van der Waals surface area contributed by atoms with Crippen LogP contribution in [0.2, 0.25) is 0 Å². The van der Waals surface area contributed by atoms with Gasteiger partial charge in [-0.05, 0) is 24.3 Å². The molecule has 168 valence electrons. The van der Waals surface area contributed by atoms with Crippen molar-refractivity contribution in [1.82, 2.24) is 24.7 Å². The Labute approximate surface area is 192 Å². The van der Waals surface area contributed by atoms with Crippen LogP contribution in [0.15, 0.2) is 70.0 Å². The standard InChI is InChI=1S/C26H27N5O2/c1-29-14-16-30(17-15-29)19-22-24-23(13-12-20-8-4-2-5-9-20)33-28-25(24)26(32)31(27-22)18-21-10-6-3-7-11-21/h2-13H,14-19H2,1H3/b13-12+. The molecule has 1 saturated heterocycles. The van der Waals surface area contributed by atoms with Crippen LogP contribution in [-0.4, -0.2) is 58.0 Å². The molecule has 2 aromatic carbocycles. The summed E-state index contributed by atoms with van der Waals surface area (Å²) in [6.45, 7) is 4.98. The van der Waals surface area contributed by atoms with Gasteiger partial charge in [-0.15, -0.1) is 0 Å². The van der Waals surface area contributed by atoms with E-state index in [9.17, 15) is 4.79 Å². The first-order chi connectivity index (χ1) is 16.2. The third kappa shape index (κ3) is 4.79. The Morgan fingerprint density at radius 2 is 1.61 bits per heavy atom. The molecule has 0 amide bonds. The second-order valence-corrected chi connectivity index (χ2v) is 8.49. The Balaban J connectivity index is 1.56. The fourth-order valence-corrected chi connectivity index (χ4v) is 4.13. The maximum absolute atomic E-state index is 13.2. The average Bonchev–Trinajstić information content (AvgIpc) is 3.28. The fraction of sp³-hybridized carbons (Fsp3) is 0.269. The molecule has 0 radical (unpaired) electrons. The van der Waals surface area contributed by atoms with Crippen LogP contribution in [0.3, 0.4) is 0 Å². The number of piperazine rings is 1. The summed E-state index contributed by atoms with van der Waals surface area (Å²) in [5, 5.41) is 9.69. The minimum atomic E-state index is -0.237. The maximum Gasteiger partial charge on any atom is 0.297 e. The Kier molecular flexibility index (Phi) is 6.15. The summed E-state index contributed by atoms with van der Waals surface area (Å²) in [6.07, 6.45) is 3.84. The number of likely N-dealkylation sites (N-methyl/N-ethyl adjacent to an activating group) is 1. The van der Waals surface area contributed by atoms with Crippen molar-refractivity contribution in [2.75, 3.05) is 33.2 Å². The number of hydrogen-bond donors (Lipinski definition) is 0. The Hall–Kier alpha value is -3.55. The van der Waals surface area contributed by atoms with E-state index in [1.807, 2.05) is 72.8 Å². The van der Waals surface area contributed by atoms with Gasteiger partial charge in [-0.3, -0.25) is 9.69 Å². The third-order valence-electron chi connectivity index (χ3n) is 6.06. The minimum absolute atomic E-state index is 0.237. The molecule has 0 aliphatic carbocycles. The molecule has 0 N–H and O–H groups in total. The van der Waals surface area contributed by atoms with Crippen molar-refractivity contribution >= 4 is 23.1 Å². The van der Waals surface area contributed by atoms with Crippen LogP contribution < -0.4 is 5.56 Å². The van der Waals surface area contributed by atoms with Crippen LogP contribution in [0.5, 0.6) is 0 Å². The quantitative estimate of drug-likeness (QED) is 0.457. The molecule has 1 aliphatic rings. The predicted octanol–water partition coefficient (Wildman–Crippen LogP) is 3.35. The van der Waals surface area contributed by atoms with Gasteiger partial charge in [0.2, 0.25) is 0 Å². The minimum Gasteiger partial charge on any atom is -0.355 e. The topological polar surface area (TPSA) is 67.4 Å². The number of aromatic nitrogens is 3. The lowest BCUT2D eigenvalue weighted by Crippen LogP contribution is -2.44. The number of hydrogen-bond acceptors (Lipinski definition) is 6. The van der Waals surface area contributed by atoms with Gasteiger partial charge in [0.1, 0.15) is 0 Å². The highest BCUT2D eigenvalue weighted by molar-refractivity contribution is 5.89. The molecule has 0 saturated carbocycles. The third-order valence-corrected chi connectivity index (χ3v) is 6.06. The molecular weight excluding hydrogens is 414 g/mol. The van der Waals surface area contributed by atoms with Gasteiger partial charge in [0.05, 0.1) is 17.6 Å². The van der Waals surface area contributed by atoms with Crippen molar-refractivity contribution in [2.24, 2.45) is 0 Å². The van der Waals surface area contributed by atoms with E-state index in [1.165, 1.54) is 4.68 Å². The molecule has 1 fully saturated rings. The smallest absolute Gasteiger partial charge is 0.297 e. The molecule has 1 aliphatic heterocycles. The summed E-state index contributed by atoms with van der Waals surface area (Å²) in [6, 6.07) is 19.9. The molecule has 3 heterocycles. The van der Waals surface area contributed by atoms with Crippen LogP contribution >= 0.6 is 0 Å². The lowest BCUT2D eigenvalue weighted by molar-refractivity contribution is 0.146. The van der Waals surface area contributed by atoms with Crippen molar-refractivity contribution < 1.29 is 4.52 Å². The molecule has 33 heavy (non-hydrogen) atoms. The first-order valence-corrected chi connectivity index (χ1v) is 11.2. The summed E-state index contributed by atoms with van der Waals surface area (Å²) in [4.78, 5) is 17.9. The van der Waals surface area contributed by atoms with Gasteiger partial charge in [-0.1, -0.05) is 71.9 Å². The molecule has 0 unspecified atom stereocenters. The van der Waals surface area contributed by atoms with Crippen molar-refractivity contribution in [3.63, 3.8) is 0 Å². The lowest BCUT2D eigenvalue weighted by Gasteiger charge is -2.32. The van der Waals surface area contributed by atoms with Crippen molar-refractivity contribution in [1.29, 1.82) is 0 Å². The first-order valence-electron chi connectivity index (χ1n) is 11.2. The molecule has 0 spiro atoms. The summed E-state index contributed by atoms with van der Waals surface area (Å²) in [7, 11) is 2.14. The van der Waals surface area contributed by atoms with Gasteiger partial charge in [-0.2, -0.15) is 5.10 Å².